The molecule has 2 aromatic rings. The van der Waals surface area contributed by atoms with Gasteiger partial charge in [0.2, 0.25) is 0 Å². The second-order valence-corrected chi connectivity index (χ2v) is 8.44. The van der Waals surface area contributed by atoms with Crippen molar-refractivity contribution >= 4 is 11.6 Å². The van der Waals surface area contributed by atoms with Crippen LogP contribution in [0, 0.1) is 6.92 Å². The fourth-order valence-electron chi connectivity index (χ4n) is 4.34. The fourth-order valence-corrected chi connectivity index (χ4v) is 4.34. The average Bonchev–Trinajstić information content (AvgIpc) is 3.51. The van der Waals surface area contributed by atoms with Gasteiger partial charge in [-0.1, -0.05) is 25.0 Å². The summed E-state index contributed by atoms with van der Waals surface area (Å²) in [6.45, 7) is 0.935. The van der Waals surface area contributed by atoms with Gasteiger partial charge in [-0.25, -0.2) is 4.99 Å². The summed E-state index contributed by atoms with van der Waals surface area (Å²) in [5, 5.41) is 15.4. The average molecular weight is 448 g/mol. The van der Waals surface area contributed by atoms with Gasteiger partial charge in [-0.2, -0.15) is 8.78 Å². The van der Waals surface area contributed by atoms with Gasteiger partial charge >= 0.3 is 6.61 Å². The van der Waals surface area contributed by atoms with E-state index < -0.39 is 6.61 Å². The number of para-hydroxylation sites is 2. The van der Waals surface area contributed by atoms with Gasteiger partial charge in [-0.05, 0) is 38.3 Å². The number of aliphatic imine (C=N–C) groups is 1. The van der Waals surface area contributed by atoms with Gasteiger partial charge in [0.1, 0.15) is 18.1 Å². The predicted molar refractivity (Wildman–Crippen MR) is 119 cm³/mol. The number of anilines is 1. The lowest BCUT2D eigenvalue weighted by atomic mass is 10.2. The van der Waals surface area contributed by atoms with Crippen LogP contribution < -0.4 is 20.3 Å². The van der Waals surface area contributed by atoms with E-state index in [1.165, 1.54) is 12.8 Å². The van der Waals surface area contributed by atoms with E-state index in [1.54, 1.807) is 12.1 Å². The second-order valence-electron chi connectivity index (χ2n) is 8.44. The molecule has 1 aromatic heterocycles. The molecule has 0 bridgehead atoms. The number of nitrogens with zero attached hydrogens (tertiary/aromatic N) is 5. The fraction of sp³-hybridized carbons (Fsp3) is 0.591. The Morgan fingerprint density at radius 3 is 2.62 bits per heavy atom. The molecule has 1 aliphatic carbocycles. The largest absolute Gasteiger partial charge is 0.433 e. The van der Waals surface area contributed by atoms with Gasteiger partial charge in [0.25, 0.3) is 0 Å². The number of hydrogen-bond donors (Lipinski definition) is 2. The van der Waals surface area contributed by atoms with Gasteiger partial charge in [0.15, 0.2) is 11.8 Å². The van der Waals surface area contributed by atoms with E-state index in [0.29, 0.717) is 24.8 Å². The Bertz CT molecular complexity index is 927. The lowest BCUT2D eigenvalue weighted by Gasteiger charge is -2.23. The maximum absolute atomic E-state index is 12.8. The minimum atomic E-state index is -2.84. The van der Waals surface area contributed by atoms with Crippen LogP contribution in [0.3, 0.4) is 0 Å². The molecule has 0 spiro atoms. The third-order valence-electron chi connectivity index (χ3n) is 6.21. The van der Waals surface area contributed by atoms with Gasteiger partial charge in [-0.3, -0.25) is 0 Å². The molecule has 8 nitrogen and oxygen atoms in total. The van der Waals surface area contributed by atoms with Crippen LogP contribution in [0.25, 0.3) is 0 Å². The summed E-state index contributed by atoms with van der Waals surface area (Å²) >= 11 is 0. The number of aromatic nitrogens is 3. The minimum Gasteiger partial charge on any atom is -0.433 e. The van der Waals surface area contributed by atoms with E-state index in [1.807, 2.05) is 30.7 Å². The van der Waals surface area contributed by atoms with Crippen molar-refractivity contribution in [2.45, 2.75) is 64.3 Å². The number of halogens is 2. The standard InChI is InChI=1S/C22H31F2N7O/c1-15-28-29-20(30(15)2)13-25-22(26-16-7-3-4-8-16)27-17-11-12-31(14-17)18-9-5-6-10-19(18)32-21(23)24/h5-6,9-10,16-17,21H,3-4,7-8,11-14H2,1-2H3,(H2,25,26,27). The molecule has 1 atom stereocenters. The number of alkyl halides is 2. The van der Waals surface area contributed by atoms with Gasteiger partial charge in [0.05, 0.1) is 5.69 Å². The first-order valence-corrected chi connectivity index (χ1v) is 11.2. The minimum absolute atomic E-state index is 0.142. The van der Waals surface area contributed by atoms with Crippen LogP contribution in [0.4, 0.5) is 14.5 Å². The molecule has 32 heavy (non-hydrogen) atoms. The van der Waals surface area contributed by atoms with Crippen LogP contribution in [0.1, 0.15) is 43.8 Å². The summed E-state index contributed by atoms with van der Waals surface area (Å²) in [6.07, 6.45) is 5.60. The maximum Gasteiger partial charge on any atom is 0.387 e. The molecule has 2 N–H and O–H groups in total. The molecule has 0 amide bonds. The molecule has 1 saturated heterocycles. The van der Waals surface area contributed by atoms with Crippen molar-refractivity contribution in [3.63, 3.8) is 0 Å². The smallest absolute Gasteiger partial charge is 0.387 e. The number of guanidine groups is 1. The van der Waals surface area contributed by atoms with E-state index in [4.69, 9.17) is 9.73 Å². The Balaban J connectivity index is 1.43. The molecular weight excluding hydrogens is 416 g/mol. The van der Waals surface area contributed by atoms with Crippen LogP contribution in [0.5, 0.6) is 5.75 Å². The molecular formula is C22H31F2N7O. The molecule has 1 unspecified atom stereocenters. The third kappa shape index (κ3) is 5.46. The molecule has 2 fully saturated rings. The Morgan fingerprint density at radius 1 is 1.16 bits per heavy atom. The molecule has 4 rings (SSSR count). The monoisotopic (exact) mass is 447 g/mol. The molecule has 1 aliphatic heterocycles. The molecule has 2 heterocycles. The highest BCUT2D eigenvalue weighted by molar-refractivity contribution is 5.80. The zero-order valence-corrected chi connectivity index (χ0v) is 18.6. The van der Waals surface area contributed by atoms with Crippen molar-refractivity contribution in [1.82, 2.24) is 25.4 Å². The Morgan fingerprint density at radius 2 is 1.91 bits per heavy atom. The number of aryl methyl sites for hydroxylation is 1. The third-order valence-corrected chi connectivity index (χ3v) is 6.21. The van der Waals surface area contributed by atoms with Gasteiger partial charge in [-0.15, -0.1) is 10.2 Å². The molecule has 0 radical (unpaired) electrons. The van der Waals surface area contributed by atoms with Crippen LogP contribution >= 0.6 is 0 Å². The van der Waals surface area contributed by atoms with E-state index >= 15 is 0 Å². The highest BCUT2D eigenvalue weighted by Gasteiger charge is 2.27. The zero-order valence-electron chi connectivity index (χ0n) is 18.6. The Labute approximate surface area is 187 Å². The molecule has 174 valence electrons. The summed E-state index contributed by atoms with van der Waals surface area (Å²) in [4.78, 5) is 6.86. The van der Waals surface area contributed by atoms with E-state index in [9.17, 15) is 8.78 Å². The number of ether oxygens (including phenoxy) is 1. The molecule has 1 saturated carbocycles. The van der Waals surface area contributed by atoms with E-state index in [-0.39, 0.29) is 11.8 Å². The van der Waals surface area contributed by atoms with Gasteiger partial charge < -0.3 is 24.8 Å². The number of benzene rings is 1. The summed E-state index contributed by atoms with van der Waals surface area (Å²) in [5.41, 5.74) is 0.689. The second kappa shape index (κ2) is 10.1. The normalized spacial score (nSPS) is 19.7. The number of rotatable bonds is 7. The topological polar surface area (TPSA) is 79.6 Å². The summed E-state index contributed by atoms with van der Waals surface area (Å²) in [7, 11) is 1.94. The zero-order chi connectivity index (χ0) is 22.5. The summed E-state index contributed by atoms with van der Waals surface area (Å²) in [5.74, 6) is 2.63. The van der Waals surface area contributed by atoms with Crippen LogP contribution in [-0.2, 0) is 13.6 Å². The maximum atomic E-state index is 12.8. The highest BCUT2D eigenvalue weighted by atomic mass is 19.3. The van der Waals surface area contributed by atoms with E-state index in [2.05, 4.69) is 25.7 Å². The lowest BCUT2D eigenvalue weighted by Crippen LogP contribution is -2.47. The molecule has 10 heteroatoms. The first-order chi connectivity index (χ1) is 15.5. The van der Waals surface area contributed by atoms with Crippen molar-refractivity contribution in [3.05, 3.63) is 35.9 Å². The van der Waals surface area contributed by atoms with Crippen LogP contribution in [0.15, 0.2) is 29.3 Å². The first kappa shape index (κ1) is 22.3. The van der Waals surface area contributed by atoms with Crippen molar-refractivity contribution in [1.29, 1.82) is 0 Å². The molecule has 2 aliphatic rings. The molecule has 1 aromatic carbocycles. The van der Waals surface area contributed by atoms with Crippen molar-refractivity contribution in [2.24, 2.45) is 12.0 Å². The van der Waals surface area contributed by atoms with Gasteiger partial charge in [0, 0.05) is 32.2 Å². The highest BCUT2D eigenvalue weighted by Crippen LogP contribution is 2.31. The SMILES string of the molecule is Cc1nnc(CN=C(NC2CCCC2)NC2CCN(c3ccccc3OC(F)F)C2)n1C. The van der Waals surface area contributed by atoms with Crippen molar-refractivity contribution in [3.8, 4) is 5.75 Å². The lowest BCUT2D eigenvalue weighted by molar-refractivity contribution is -0.0495. The Kier molecular flexibility index (Phi) is 7.06. The Hall–Kier alpha value is -2.91. The van der Waals surface area contributed by atoms with Crippen molar-refractivity contribution in [2.75, 3.05) is 18.0 Å². The predicted octanol–water partition coefficient (Wildman–Crippen LogP) is 2.98. The first-order valence-electron chi connectivity index (χ1n) is 11.2. The van der Waals surface area contributed by atoms with Crippen LogP contribution in [0.2, 0.25) is 0 Å². The quantitative estimate of drug-likeness (QED) is 0.502. The van der Waals surface area contributed by atoms with Crippen LogP contribution in [-0.4, -0.2) is 52.5 Å². The van der Waals surface area contributed by atoms with Crippen molar-refractivity contribution < 1.29 is 13.5 Å². The summed E-state index contributed by atoms with van der Waals surface area (Å²) in [6, 6.07) is 7.51. The van der Waals surface area contributed by atoms with E-state index in [0.717, 1.165) is 43.4 Å². The summed E-state index contributed by atoms with van der Waals surface area (Å²) < 4.78 is 32.2. The number of hydrogen-bond acceptors (Lipinski definition) is 5. The number of nitrogens with one attached hydrogen (secondary N) is 2.